The monoisotopic (exact) mass is 313 g/mol. The molecule has 6 heteroatoms. The van der Waals surface area contributed by atoms with Crippen LogP contribution in [0.2, 0.25) is 10.0 Å². The number of hydrogen-bond acceptors (Lipinski definition) is 3. The third-order valence-electron chi connectivity index (χ3n) is 3.06. The van der Waals surface area contributed by atoms with Crippen LogP contribution in [0.1, 0.15) is 30.6 Å². The number of aliphatic hydroxyl groups is 1. The lowest BCUT2D eigenvalue weighted by Gasteiger charge is -2.10. The minimum Gasteiger partial charge on any atom is -0.391 e. The molecule has 0 fully saturated rings. The van der Waals surface area contributed by atoms with E-state index in [-0.39, 0.29) is 0 Å². The van der Waals surface area contributed by atoms with E-state index in [2.05, 4.69) is 10.1 Å². The molecule has 20 heavy (non-hydrogen) atoms. The quantitative estimate of drug-likeness (QED) is 0.921. The number of rotatable bonds is 5. The van der Waals surface area contributed by atoms with Crippen LogP contribution in [0.15, 0.2) is 18.2 Å². The van der Waals surface area contributed by atoms with Crippen molar-refractivity contribution in [3.05, 3.63) is 45.5 Å². The molecule has 0 radical (unpaired) electrons. The number of hydrogen-bond donors (Lipinski definition) is 1. The van der Waals surface area contributed by atoms with E-state index in [0.717, 1.165) is 11.4 Å². The molecule has 0 amide bonds. The fourth-order valence-electron chi connectivity index (χ4n) is 1.94. The summed E-state index contributed by atoms with van der Waals surface area (Å²) in [5.74, 6) is 1.51. The van der Waals surface area contributed by atoms with Gasteiger partial charge in [0.2, 0.25) is 0 Å². The molecule has 0 aliphatic carbocycles. The van der Waals surface area contributed by atoms with Gasteiger partial charge in [0.1, 0.15) is 11.6 Å². The molecule has 0 saturated heterocycles. The molecule has 1 heterocycles. The van der Waals surface area contributed by atoms with Gasteiger partial charge in [-0.05, 0) is 31.0 Å². The van der Waals surface area contributed by atoms with Gasteiger partial charge in [0.15, 0.2) is 0 Å². The zero-order valence-electron chi connectivity index (χ0n) is 11.5. The zero-order valence-corrected chi connectivity index (χ0v) is 13.0. The second kappa shape index (κ2) is 6.57. The number of aliphatic hydroxyl groups excluding tert-OH is 1. The first-order valence-corrected chi connectivity index (χ1v) is 7.27. The Bertz CT molecular complexity index is 598. The molecule has 4 nitrogen and oxygen atoms in total. The van der Waals surface area contributed by atoms with E-state index in [1.165, 1.54) is 0 Å². The van der Waals surface area contributed by atoms with Gasteiger partial charge in [0.25, 0.3) is 0 Å². The molecular weight excluding hydrogens is 297 g/mol. The lowest BCUT2D eigenvalue weighted by Crippen LogP contribution is -2.18. The van der Waals surface area contributed by atoms with Crippen LogP contribution in [-0.4, -0.2) is 26.0 Å². The van der Waals surface area contributed by atoms with Crippen LogP contribution in [-0.2, 0) is 13.0 Å². The first kappa shape index (κ1) is 15.3. The molecule has 1 N–H and O–H groups in total. The van der Waals surface area contributed by atoms with Crippen LogP contribution in [0.3, 0.4) is 0 Å². The van der Waals surface area contributed by atoms with Gasteiger partial charge in [-0.1, -0.05) is 36.2 Å². The molecule has 1 unspecified atom stereocenters. The van der Waals surface area contributed by atoms with Crippen LogP contribution in [0, 0.1) is 6.92 Å². The van der Waals surface area contributed by atoms with E-state index in [4.69, 9.17) is 23.2 Å². The summed E-state index contributed by atoms with van der Waals surface area (Å²) >= 11 is 11.9. The maximum atomic E-state index is 9.76. The summed E-state index contributed by atoms with van der Waals surface area (Å²) in [4.78, 5) is 4.41. The Morgan fingerprint density at radius 1 is 1.30 bits per heavy atom. The molecule has 2 rings (SSSR count). The molecule has 0 bridgehead atoms. The van der Waals surface area contributed by atoms with E-state index in [1.54, 1.807) is 10.7 Å². The van der Waals surface area contributed by atoms with Crippen LogP contribution >= 0.6 is 23.2 Å². The normalized spacial score (nSPS) is 12.7. The van der Waals surface area contributed by atoms with Crippen molar-refractivity contribution in [2.45, 2.75) is 39.3 Å². The molecule has 108 valence electrons. The fraction of sp³-hybridized carbons (Fsp3) is 0.429. The largest absolute Gasteiger partial charge is 0.391 e. The van der Waals surface area contributed by atoms with Crippen LogP contribution in [0.25, 0.3) is 0 Å². The van der Waals surface area contributed by atoms with Gasteiger partial charge in [-0.15, -0.1) is 0 Å². The predicted octanol–water partition coefficient (Wildman–Crippen LogP) is 3.26. The summed E-state index contributed by atoms with van der Waals surface area (Å²) in [6.07, 6.45) is 0.878. The lowest BCUT2D eigenvalue weighted by atomic mass is 10.1. The van der Waals surface area contributed by atoms with Gasteiger partial charge >= 0.3 is 0 Å². The van der Waals surface area contributed by atoms with Crippen molar-refractivity contribution < 1.29 is 5.11 Å². The van der Waals surface area contributed by atoms with Crippen molar-refractivity contribution in [2.24, 2.45) is 0 Å². The third-order valence-corrected chi connectivity index (χ3v) is 3.79. The molecular formula is C14H17Cl2N3O. The highest BCUT2D eigenvalue weighted by Gasteiger charge is 2.12. The second-order valence-corrected chi connectivity index (χ2v) is 5.56. The topological polar surface area (TPSA) is 50.9 Å². The predicted molar refractivity (Wildman–Crippen MR) is 80.3 cm³/mol. The summed E-state index contributed by atoms with van der Waals surface area (Å²) in [6.45, 7) is 4.23. The number of benzene rings is 1. The molecule has 0 aliphatic heterocycles. The van der Waals surface area contributed by atoms with Gasteiger partial charge in [0, 0.05) is 6.42 Å². The SMILES string of the molecule is CCC(O)Cn1nc(C)nc1Cc1ccc(Cl)c(Cl)c1. The average Bonchev–Trinajstić information content (AvgIpc) is 2.73. The van der Waals surface area contributed by atoms with Crippen molar-refractivity contribution in [1.82, 2.24) is 14.8 Å². The summed E-state index contributed by atoms with van der Waals surface area (Å²) in [6, 6.07) is 5.51. The standard InChI is InChI=1S/C14H17Cl2N3O/c1-3-11(20)8-19-14(17-9(2)18-19)7-10-4-5-12(15)13(16)6-10/h4-6,11,20H,3,7-8H2,1-2H3. The summed E-state index contributed by atoms with van der Waals surface area (Å²) in [5, 5.41) is 15.2. The van der Waals surface area contributed by atoms with E-state index in [9.17, 15) is 5.11 Å². The van der Waals surface area contributed by atoms with E-state index in [1.807, 2.05) is 26.0 Å². The maximum absolute atomic E-state index is 9.76. The molecule has 1 aromatic carbocycles. The Labute approximate surface area is 128 Å². The number of aromatic nitrogens is 3. The van der Waals surface area contributed by atoms with E-state index in [0.29, 0.717) is 35.3 Å². The van der Waals surface area contributed by atoms with Gasteiger partial charge < -0.3 is 5.11 Å². The van der Waals surface area contributed by atoms with Crippen molar-refractivity contribution in [1.29, 1.82) is 0 Å². The molecule has 1 aromatic heterocycles. The second-order valence-electron chi connectivity index (χ2n) is 4.74. The molecule has 0 saturated carbocycles. The first-order valence-electron chi connectivity index (χ1n) is 6.52. The minimum atomic E-state index is -0.413. The average molecular weight is 314 g/mol. The van der Waals surface area contributed by atoms with Gasteiger partial charge in [-0.25, -0.2) is 9.67 Å². The molecule has 1 atom stereocenters. The molecule has 0 spiro atoms. The van der Waals surface area contributed by atoms with Crippen LogP contribution < -0.4 is 0 Å². The van der Waals surface area contributed by atoms with Crippen molar-refractivity contribution in [3.8, 4) is 0 Å². The highest BCUT2D eigenvalue weighted by atomic mass is 35.5. The Kier molecular flexibility index (Phi) is 5.02. The summed E-state index contributed by atoms with van der Waals surface area (Å²) in [7, 11) is 0. The van der Waals surface area contributed by atoms with Gasteiger partial charge in [-0.3, -0.25) is 0 Å². The lowest BCUT2D eigenvalue weighted by molar-refractivity contribution is 0.144. The van der Waals surface area contributed by atoms with Crippen molar-refractivity contribution in [2.75, 3.05) is 0 Å². The van der Waals surface area contributed by atoms with E-state index >= 15 is 0 Å². The Hall–Kier alpha value is -1.10. The number of aryl methyl sites for hydroxylation is 1. The van der Waals surface area contributed by atoms with Gasteiger partial charge in [0.05, 0.1) is 22.7 Å². The van der Waals surface area contributed by atoms with Crippen molar-refractivity contribution >= 4 is 23.2 Å². The van der Waals surface area contributed by atoms with Crippen molar-refractivity contribution in [3.63, 3.8) is 0 Å². The number of nitrogens with zero attached hydrogens (tertiary/aromatic N) is 3. The Balaban J connectivity index is 2.21. The minimum absolute atomic E-state index is 0.413. The first-order chi connectivity index (χ1) is 9.49. The summed E-state index contributed by atoms with van der Waals surface area (Å²) in [5.41, 5.74) is 1.01. The maximum Gasteiger partial charge on any atom is 0.147 e. The zero-order chi connectivity index (χ0) is 14.7. The van der Waals surface area contributed by atoms with E-state index < -0.39 is 6.10 Å². The Morgan fingerprint density at radius 2 is 2.05 bits per heavy atom. The van der Waals surface area contributed by atoms with Crippen LogP contribution in [0.5, 0.6) is 0 Å². The highest BCUT2D eigenvalue weighted by Crippen LogP contribution is 2.23. The molecule has 2 aromatic rings. The highest BCUT2D eigenvalue weighted by molar-refractivity contribution is 6.42. The van der Waals surface area contributed by atoms with Crippen LogP contribution in [0.4, 0.5) is 0 Å². The molecule has 0 aliphatic rings. The third kappa shape index (κ3) is 3.72. The number of halogens is 2. The van der Waals surface area contributed by atoms with Gasteiger partial charge in [-0.2, -0.15) is 5.10 Å². The smallest absolute Gasteiger partial charge is 0.147 e. The summed E-state index contributed by atoms with van der Waals surface area (Å²) < 4.78 is 1.76. The Morgan fingerprint density at radius 3 is 2.70 bits per heavy atom. The fourth-order valence-corrected chi connectivity index (χ4v) is 2.26.